The van der Waals surface area contributed by atoms with Crippen LogP contribution >= 0.6 is 22.9 Å². The molecular weight excluding hydrogens is 456 g/mol. The monoisotopic (exact) mass is 478 g/mol. The lowest BCUT2D eigenvalue weighted by molar-refractivity contribution is -0.116. The van der Waals surface area contributed by atoms with E-state index in [4.69, 9.17) is 11.6 Å². The first-order valence-corrected chi connectivity index (χ1v) is 12.6. The summed E-state index contributed by atoms with van der Waals surface area (Å²) in [5.41, 5.74) is 1.69. The van der Waals surface area contributed by atoms with Crippen LogP contribution in [0.2, 0.25) is 5.02 Å². The zero-order valence-corrected chi connectivity index (χ0v) is 19.4. The Hall–Kier alpha value is -2.04. The number of hydrogen-bond acceptors (Lipinski definition) is 6. The second kappa shape index (κ2) is 9.22. The third kappa shape index (κ3) is 5.24. The molecule has 0 radical (unpaired) electrons. The maximum atomic E-state index is 13.0. The molecule has 1 aliphatic heterocycles. The number of carbonyl (C=O) groups excluding carboxylic acids is 1. The van der Waals surface area contributed by atoms with Gasteiger partial charge in [-0.25, -0.2) is 13.4 Å². The SMILES string of the molecule is CN1CCN(S(=O)(=O)c2ccc3nc(NC(=O)CCc4ccc(Cl)cc4)sc3c2)CC1. The van der Waals surface area contributed by atoms with Gasteiger partial charge in [0.05, 0.1) is 15.1 Å². The molecule has 10 heteroatoms. The largest absolute Gasteiger partial charge is 0.304 e. The number of anilines is 1. The Labute approximate surface area is 190 Å². The Kier molecular flexibility index (Phi) is 6.59. The van der Waals surface area contributed by atoms with Gasteiger partial charge in [-0.15, -0.1) is 0 Å². The molecule has 1 N–H and O–H groups in total. The van der Waals surface area contributed by atoms with Gasteiger partial charge < -0.3 is 10.2 Å². The lowest BCUT2D eigenvalue weighted by Crippen LogP contribution is -2.46. The third-order valence-electron chi connectivity index (χ3n) is 5.26. The number of likely N-dealkylation sites (N-methyl/N-ethyl adjacent to an activating group) is 1. The van der Waals surface area contributed by atoms with Crippen molar-refractivity contribution >= 4 is 54.2 Å². The number of fused-ring (bicyclic) bond motifs is 1. The van der Waals surface area contributed by atoms with Gasteiger partial charge in [0.15, 0.2) is 5.13 Å². The van der Waals surface area contributed by atoms with Crippen LogP contribution in [0.1, 0.15) is 12.0 Å². The normalized spacial score (nSPS) is 15.9. The number of nitrogens with zero attached hydrogens (tertiary/aromatic N) is 3. The smallest absolute Gasteiger partial charge is 0.243 e. The molecule has 2 aromatic carbocycles. The van der Waals surface area contributed by atoms with Crippen molar-refractivity contribution in [2.75, 3.05) is 38.5 Å². The standard InChI is InChI=1S/C21H23ClN4O3S2/c1-25-10-12-26(13-11-25)31(28,29)17-7-8-18-19(14-17)30-21(23-18)24-20(27)9-4-15-2-5-16(22)6-3-15/h2-3,5-8,14H,4,9-13H2,1H3,(H,23,24,27). The number of piperazine rings is 1. The first-order valence-electron chi connectivity index (χ1n) is 9.95. The van der Waals surface area contributed by atoms with E-state index in [1.165, 1.54) is 15.6 Å². The summed E-state index contributed by atoms with van der Waals surface area (Å²) in [5.74, 6) is -0.140. The molecule has 7 nitrogen and oxygen atoms in total. The number of sulfonamides is 1. The van der Waals surface area contributed by atoms with Gasteiger partial charge in [0.25, 0.3) is 0 Å². The second-order valence-electron chi connectivity index (χ2n) is 7.53. The van der Waals surface area contributed by atoms with Crippen molar-refractivity contribution in [3.05, 3.63) is 53.1 Å². The molecular formula is C21H23ClN4O3S2. The van der Waals surface area contributed by atoms with Gasteiger partial charge in [0, 0.05) is 37.6 Å². The molecule has 2 heterocycles. The lowest BCUT2D eigenvalue weighted by Gasteiger charge is -2.31. The lowest BCUT2D eigenvalue weighted by atomic mass is 10.1. The van der Waals surface area contributed by atoms with E-state index in [-0.39, 0.29) is 10.8 Å². The van der Waals surface area contributed by atoms with Crippen molar-refractivity contribution in [2.45, 2.75) is 17.7 Å². The van der Waals surface area contributed by atoms with E-state index in [0.717, 1.165) is 10.3 Å². The van der Waals surface area contributed by atoms with Crippen LogP contribution in [-0.2, 0) is 21.2 Å². The zero-order valence-electron chi connectivity index (χ0n) is 17.0. The van der Waals surface area contributed by atoms with E-state index >= 15 is 0 Å². The average molecular weight is 479 g/mol. The minimum absolute atomic E-state index is 0.140. The Bertz CT molecular complexity index is 1190. The summed E-state index contributed by atoms with van der Waals surface area (Å²) in [4.78, 5) is 19.1. The maximum Gasteiger partial charge on any atom is 0.243 e. The summed E-state index contributed by atoms with van der Waals surface area (Å²) in [5, 5.41) is 3.94. The van der Waals surface area contributed by atoms with Gasteiger partial charge in [-0.2, -0.15) is 4.31 Å². The second-order valence-corrected chi connectivity index (χ2v) is 10.9. The van der Waals surface area contributed by atoms with Crippen LogP contribution in [0.25, 0.3) is 10.2 Å². The number of halogens is 1. The number of thiazole rings is 1. The molecule has 1 aliphatic rings. The predicted molar refractivity (Wildman–Crippen MR) is 124 cm³/mol. The predicted octanol–water partition coefficient (Wildman–Crippen LogP) is 3.46. The molecule has 0 aliphatic carbocycles. The van der Waals surface area contributed by atoms with Crippen LogP contribution in [-0.4, -0.2) is 61.7 Å². The molecule has 31 heavy (non-hydrogen) atoms. The fourth-order valence-corrected chi connectivity index (χ4v) is 5.96. The topological polar surface area (TPSA) is 82.6 Å². The van der Waals surface area contributed by atoms with Crippen LogP contribution in [0, 0.1) is 0 Å². The number of nitrogens with one attached hydrogen (secondary N) is 1. The number of amides is 1. The summed E-state index contributed by atoms with van der Waals surface area (Å²) >= 11 is 7.16. The fraction of sp³-hybridized carbons (Fsp3) is 0.333. The van der Waals surface area contributed by atoms with Crippen molar-refractivity contribution in [2.24, 2.45) is 0 Å². The van der Waals surface area contributed by atoms with Crippen LogP contribution in [0.15, 0.2) is 47.4 Å². The van der Waals surface area contributed by atoms with Crippen LogP contribution in [0.5, 0.6) is 0 Å². The van der Waals surface area contributed by atoms with Crippen molar-refractivity contribution < 1.29 is 13.2 Å². The Morgan fingerprint density at radius 1 is 1.13 bits per heavy atom. The number of aromatic nitrogens is 1. The van der Waals surface area contributed by atoms with Crippen LogP contribution < -0.4 is 5.32 Å². The first-order chi connectivity index (χ1) is 14.8. The minimum Gasteiger partial charge on any atom is -0.304 e. The van der Waals surface area contributed by atoms with Crippen LogP contribution in [0.4, 0.5) is 5.13 Å². The summed E-state index contributed by atoms with van der Waals surface area (Å²) < 4.78 is 28.2. The van der Waals surface area contributed by atoms with E-state index in [1.54, 1.807) is 30.3 Å². The Morgan fingerprint density at radius 3 is 2.55 bits per heavy atom. The summed E-state index contributed by atoms with van der Waals surface area (Å²) in [6.45, 7) is 2.39. The highest BCUT2D eigenvalue weighted by atomic mass is 35.5. The molecule has 4 rings (SSSR count). The van der Waals surface area contributed by atoms with Gasteiger partial charge in [0.2, 0.25) is 15.9 Å². The molecule has 1 aromatic heterocycles. The highest BCUT2D eigenvalue weighted by Gasteiger charge is 2.27. The quantitative estimate of drug-likeness (QED) is 0.586. The summed E-state index contributed by atoms with van der Waals surface area (Å²) in [6, 6.07) is 12.3. The molecule has 0 saturated carbocycles. The zero-order chi connectivity index (χ0) is 22.0. The van der Waals surface area contributed by atoms with Gasteiger partial charge in [-0.1, -0.05) is 35.1 Å². The van der Waals surface area contributed by atoms with E-state index in [1.807, 2.05) is 19.2 Å². The molecule has 1 amide bonds. The van der Waals surface area contributed by atoms with Crippen LogP contribution in [0.3, 0.4) is 0 Å². The summed E-state index contributed by atoms with van der Waals surface area (Å²) in [7, 11) is -1.56. The summed E-state index contributed by atoms with van der Waals surface area (Å²) in [6.07, 6.45) is 0.919. The number of benzene rings is 2. The van der Waals surface area contributed by atoms with Gasteiger partial charge >= 0.3 is 0 Å². The van der Waals surface area contributed by atoms with Crippen molar-refractivity contribution in [3.63, 3.8) is 0 Å². The molecule has 1 saturated heterocycles. The average Bonchev–Trinajstić information content (AvgIpc) is 3.15. The van der Waals surface area contributed by atoms with E-state index in [2.05, 4.69) is 15.2 Å². The van der Waals surface area contributed by atoms with E-state index < -0.39 is 10.0 Å². The van der Waals surface area contributed by atoms with Crippen molar-refractivity contribution in [1.29, 1.82) is 0 Å². The van der Waals surface area contributed by atoms with E-state index in [0.29, 0.717) is 54.7 Å². The molecule has 0 unspecified atom stereocenters. The molecule has 0 bridgehead atoms. The minimum atomic E-state index is -3.54. The number of rotatable bonds is 6. The van der Waals surface area contributed by atoms with Gasteiger partial charge in [0.1, 0.15) is 0 Å². The molecule has 1 fully saturated rings. The highest BCUT2D eigenvalue weighted by molar-refractivity contribution is 7.89. The van der Waals surface area contributed by atoms with Crippen molar-refractivity contribution in [3.8, 4) is 0 Å². The maximum absolute atomic E-state index is 13.0. The first kappa shape index (κ1) is 22.2. The number of hydrogen-bond donors (Lipinski definition) is 1. The van der Waals surface area contributed by atoms with Gasteiger partial charge in [-0.05, 0) is 49.4 Å². The Balaban J connectivity index is 1.43. The van der Waals surface area contributed by atoms with Gasteiger partial charge in [-0.3, -0.25) is 4.79 Å². The third-order valence-corrected chi connectivity index (χ3v) is 8.34. The number of carbonyl (C=O) groups is 1. The molecule has 3 aromatic rings. The highest BCUT2D eigenvalue weighted by Crippen LogP contribution is 2.29. The molecule has 164 valence electrons. The molecule has 0 spiro atoms. The number of aryl methyl sites for hydroxylation is 1. The Morgan fingerprint density at radius 2 is 1.84 bits per heavy atom. The van der Waals surface area contributed by atoms with Crippen molar-refractivity contribution in [1.82, 2.24) is 14.2 Å². The van der Waals surface area contributed by atoms with E-state index in [9.17, 15) is 13.2 Å². The fourth-order valence-electron chi connectivity index (χ4n) is 3.39. The molecule has 0 atom stereocenters.